The van der Waals surface area contributed by atoms with E-state index >= 15 is 0 Å². The average molecular weight is 364 g/mol. The van der Waals surface area contributed by atoms with Crippen LogP contribution in [0.2, 0.25) is 15.1 Å². The van der Waals surface area contributed by atoms with Gasteiger partial charge in [0.25, 0.3) is 5.91 Å². The molecule has 1 atom stereocenters. The molecular formula is C15H17Cl3N2O2. The second-order valence-electron chi connectivity index (χ2n) is 5.66. The number of fused-ring (bicyclic) bond motifs is 1. The predicted molar refractivity (Wildman–Crippen MR) is 88.1 cm³/mol. The first-order valence-corrected chi connectivity index (χ1v) is 8.47. The fourth-order valence-corrected chi connectivity index (χ4v) is 3.65. The summed E-state index contributed by atoms with van der Waals surface area (Å²) >= 11 is 17.9. The van der Waals surface area contributed by atoms with Gasteiger partial charge in [0.2, 0.25) is 0 Å². The molecule has 2 fully saturated rings. The summed E-state index contributed by atoms with van der Waals surface area (Å²) in [7, 11) is 0. The van der Waals surface area contributed by atoms with E-state index < -0.39 is 0 Å². The van der Waals surface area contributed by atoms with Crippen LogP contribution in [-0.2, 0) is 4.79 Å². The lowest BCUT2D eigenvalue weighted by Gasteiger charge is -2.37. The van der Waals surface area contributed by atoms with Crippen molar-refractivity contribution < 1.29 is 9.53 Å². The molecule has 1 amide bonds. The Morgan fingerprint density at radius 1 is 1.14 bits per heavy atom. The largest absolute Gasteiger partial charge is 0.482 e. The topological polar surface area (TPSA) is 32.8 Å². The quantitative estimate of drug-likeness (QED) is 0.772. The Balaban J connectivity index is 1.57. The number of halogens is 3. The maximum atomic E-state index is 12.3. The number of carbonyl (C=O) groups is 1. The summed E-state index contributed by atoms with van der Waals surface area (Å²) in [5.74, 6) is 0.359. The highest BCUT2D eigenvalue weighted by Crippen LogP contribution is 2.33. The Morgan fingerprint density at radius 2 is 1.91 bits per heavy atom. The van der Waals surface area contributed by atoms with E-state index in [2.05, 4.69) is 4.90 Å². The molecule has 3 rings (SSSR count). The molecule has 0 N–H and O–H groups in total. The molecule has 1 aromatic carbocycles. The van der Waals surface area contributed by atoms with E-state index in [1.807, 2.05) is 4.90 Å². The highest BCUT2D eigenvalue weighted by molar-refractivity contribution is 6.43. The Kier molecular flexibility index (Phi) is 5.03. The van der Waals surface area contributed by atoms with Gasteiger partial charge in [-0.2, -0.15) is 0 Å². The fraction of sp³-hybridized carbons (Fsp3) is 0.533. The van der Waals surface area contributed by atoms with Crippen molar-refractivity contribution in [2.24, 2.45) is 0 Å². The van der Waals surface area contributed by atoms with Gasteiger partial charge >= 0.3 is 0 Å². The molecule has 7 heteroatoms. The standard InChI is InChI=1S/C15H17Cl3N2O2/c16-11-6-13(18)14(7-12(11)17)22-9-15(21)20-5-4-19-3-1-2-10(19)8-20/h6-7,10H,1-5,8-9H2. The molecule has 0 aliphatic carbocycles. The van der Waals surface area contributed by atoms with E-state index in [-0.39, 0.29) is 12.5 Å². The van der Waals surface area contributed by atoms with E-state index in [0.717, 1.165) is 26.2 Å². The number of benzene rings is 1. The van der Waals surface area contributed by atoms with Crippen LogP contribution in [0.4, 0.5) is 0 Å². The Labute approximate surface area is 144 Å². The molecule has 2 aliphatic rings. The molecule has 0 saturated carbocycles. The van der Waals surface area contributed by atoms with E-state index in [0.29, 0.717) is 26.9 Å². The molecule has 1 aromatic rings. The molecule has 2 aliphatic heterocycles. The number of rotatable bonds is 3. The zero-order valence-electron chi connectivity index (χ0n) is 12.0. The SMILES string of the molecule is O=C(COc1cc(Cl)c(Cl)cc1Cl)N1CCN2CCCC2C1. The van der Waals surface area contributed by atoms with Gasteiger partial charge in [-0.25, -0.2) is 0 Å². The number of carbonyl (C=O) groups excluding carboxylic acids is 1. The normalized spacial score (nSPS) is 21.8. The average Bonchev–Trinajstić information content (AvgIpc) is 2.96. The molecule has 120 valence electrons. The van der Waals surface area contributed by atoms with Crippen molar-refractivity contribution in [2.75, 3.05) is 32.8 Å². The molecule has 2 heterocycles. The monoisotopic (exact) mass is 362 g/mol. The van der Waals surface area contributed by atoms with Gasteiger partial charge in [0.1, 0.15) is 5.75 Å². The predicted octanol–water partition coefficient (Wildman–Crippen LogP) is 3.33. The second-order valence-corrected chi connectivity index (χ2v) is 6.88. The summed E-state index contributed by atoms with van der Waals surface area (Å²) in [6.07, 6.45) is 2.39. The summed E-state index contributed by atoms with van der Waals surface area (Å²) in [6, 6.07) is 3.56. The van der Waals surface area contributed by atoms with Crippen LogP contribution in [0.1, 0.15) is 12.8 Å². The zero-order chi connectivity index (χ0) is 15.7. The van der Waals surface area contributed by atoms with Gasteiger partial charge in [0, 0.05) is 31.7 Å². The first kappa shape index (κ1) is 16.2. The molecule has 0 spiro atoms. The second kappa shape index (κ2) is 6.83. The molecule has 2 saturated heterocycles. The Bertz CT molecular complexity index is 582. The Morgan fingerprint density at radius 3 is 2.73 bits per heavy atom. The van der Waals surface area contributed by atoms with Crippen LogP contribution in [0.5, 0.6) is 5.75 Å². The van der Waals surface area contributed by atoms with E-state index in [1.54, 1.807) is 0 Å². The summed E-state index contributed by atoms with van der Waals surface area (Å²) in [6.45, 7) is 3.61. The number of ether oxygens (including phenoxy) is 1. The van der Waals surface area contributed by atoms with Crippen molar-refractivity contribution >= 4 is 40.7 Å². The van der Waals surface area contributed by atoms with Gasteiger partial charge in [0.15, 0.2) is 6.61 Å². The highest BCUT2D eigenvalue weighted by Gasteiger charge is 2.32. The van der Waals surface area contributed by atoms with E-state index in [4.69, 9.17) is 39.5 Å². The molecule has 0 bridgehead atoms. The minimum Gasteiger partial charge on any atom is -0.482 e. The van der Waals surface area contributed by atoms with Gasteiger partial charge in [-0.1, -0.05) is 34.8 Å². The summed E-state index contributed by atoms with van der Waals surface area (Å²) < 4.78 is 5.52. The van der Waals surface area contributed by atoms with Crippen molar-refractivity contribution in [3.05, 3.63) is 27.2 Å². The van der Waals surface area contributed by atoms with E-state index in [1.165, 1.54) is 25.0 Å². The number of hydrogen-bond acceptors (Lipinski definition) is 3. The lowest BCUT2D eigenvalue weighted by atomic mass is 10.1. The molecule has 1 unspecified atom stereocenters. The third-order valence-electron chi connectivity index (χ3n) is 4.27. The minimum atomic E-state index is -0.0373. The third-order valence-corrected chi connectivity index (χ3v) is 5.28. The zero-order valence-corrected chi connectivity index (χ0v) is 14.3. The van der Waals surface area contributed by atoms with Crippen molar-refractivity contribution in [2.45, 2.75) is 18.9 Å². The first-order valence-electron chi connectivity index (χ1n) is 7.34. The van der Waals surface area contributed by atoms with Crippen molar-refractivity contribution in [3.63, 3.8) is 0 Å². The van der Waals surface area contributed by atoms with Crippen LogP contribution < -0.4 is 4.74 Å². The molecule has 0 aromatic heterocycles. The molecule has 0 radical (unpaired) electrons. The molecule has 22 heavy (non-hydrogen) atoms. The fourth-order valence-electron chi connectivity index (χ4n) is 3.06. The first-order chi connectivity index (χ1) is 10.5. The third kappa shape index (κ3) is 3.46. The van der Waals surface area contributed by atoms with Crippen molar-refractivity contribution in [3.8, 4) is 5.75 Å². The van der Waals surface area contributed by atoms with Crippen LogP contribution in [0, 0.1) is 0 Å². The maximum absolute atomic E-state index is 12.3. The van der Waals surface area contributed by atoms with Crippen molar-refractivity contribution in [1.29, 1.82) is 0 Å². The smallest absolute Gasteiger partial charge is 0.260 e. The summed E-state index contributed by atoms with van der Waals surface area (Å²) in [5, 5.41) is 1.07. The number of hydrogen-bond donors (Lipinski definition) is 0. The molecular weight excluding hydrogens is 347 g/mol. The highest BCUT2D eigenvalue weighted by atomic mass is 35.5. The van der Waals surface area contributed by atoms with Gasteiger partial charge in [0.05, 0.1) is 15.1 Å². The van der Waals surface area contributed by atoms with Gasteiger partial charge < -0.3 is 9.64 Å². The van der Waals surface area contributed by atoms with Crippen LogP contribution in [0.15, 0.2) is 12.1 Å². The Hall–Kier alpha value is -0.680. The summed E-state index contributed by atoms with van der Waals surface area (Å²) in [5.41, 5.74) is 0. The minimum absolute atomic E-state index is 0.0197. The van der Waals surface area contributed by atoms with Crippen LogP contribution in [-0.4, -0.2) is 54.5 Å². The van der Waals surface area contributed by atoms with Gasteiger partial charge in [-0.15, -0.1) is 0 Å². The van der Waals surface area contributed by atoms with Crippen LogP contribution >= 0.6 is 34.8 Å². The lowest BCUT2D eigenvalue weighted by molar-refractivity contribution is -0.135. The van der Waals surface area contributed by atoms with Gasteiger partial charge in [-0.3, -0.25) is 9.69 Å². The van der Waals surface area contributed by atoms with Gasteiger partial charge in [-0.05, 0) is 25.5 Å². The number of amides is 1. The van der Waals surface area contributed by atoms with Crippen molar-refractivity contribution in [1.82, 2.24) is 9.80 Å². The van der Waals surface area contributed by atoms with Crippen LogP contribution in [0.3, 0.4) is 0 Å². The lowest BCUT2D eigenvalue weighted by Crippen LogP contribution is -2.53. The molecule has 4 nitrogen and oxygen atoms in total. The maximum Gasteiger partial charge on any atom is 0.260 e. The number of piperazine rings is 1. The summed E-state index contributed by atoms with van der Waals surface area (Å²) in [4.78, 5) is 16.6. The van der Waals surface area contributed by atoms with E-state index in [9.17, 15) is 4.79 Å². The van der Waals surface area contributed by atoms with Crippen LogP contribution in [0.25, 0.3) is 0 Å². The number of nitrogens with zero attached hydrogens (tertiary/aromatic N) is 2.